The van der Waals surface area contributed by atoms with Gasteiger partial charge in [-0.1, -0.05) is 17.7 Å². The van der Waals surface area contributed by atoms with Gasteiger partial charge in [-0.3, -0.25) is 10.5 Å². The van der Waals surface area contributed by atoms with E-state index in [0.29, 0.717) is 41.4 Å². The molecule has 1 aromatic carbocycles. The molecule has 0 aliphatic carbocycles. The highest BCUT2D eigenvalue weighted by Gasteiger charge is 2.13. The summed E-state index contributed by atoms with van der Waals surface area (Å²) >= 11 is 6.32. The SMILES string of the molecule is COCCC(C)Oc1n[nH]cc1Nc1ncc(-c2ccc(Cl)c(O[C@@H](C)CN/C=N\C=N)c2)cn1. The Morgan fingerprint density at radius 3 is 2.71 bits per heavy atom. The molecule has 3 aromatic rings. The maximum absolute atomic E-state index is 6.88. The molecule has 2 aromatic heterocycles. The van der Waals surface area contributed by atoms with Gasteiger partial charge in [0.2, 0.25) is 5.95 Å². The van der Waals surface area contributed by atoms with Crippen molar-refractivity contribution in [2.75, 3.05) is 25.6 Å². The molecule has 0 aliphatic rings. The molecule has 35 heavy (non-hydrogen) atoms. The van der Waals surface area contributed by atoms with Crippen LogP contribution in [0.5, 0.6) is 11.6 Å². The lowest BCUT2D eigenvalue weighted by atomic mass is 10.1. The van der Waals surface area contributed by atoms with Gasteiger partial charge in [-0.15, -0.1) is 5.10 Å². The van der Waals surface area contributed by atoms with E-state index in [1.54, 1.807) is 31.8 Å². The standard InChI is InChI=1S/C23H29ClN8O3/c1-15(6-7-33-3)35-22-20(12-30-32-22)31-23-28-10-18(11-29-23)17-4-5-19(24)21(8-17)34-16(2)9-26-14-27-13-25/h4-5,8,10-16H,6-7,9H2,1-3H3,(H,30,32)(H2,25,26,27)(H,28,29,31)/t15?,16-/m0/s1. The molecular weight excluding hydrogens is 472 g/mol. The summed E-state index contributed by atoms with van der Waals surface area (Å²) in [4.78, 5) is 12.5. The zero-order chi connectivity index (χ0) is 25.0. The highest BCUT2D eigenvalue weighted by atomic mass is 35.5. The van der Waals surface area contributed by atoms with Crippen LogP contribution in [0.4, 0.5) is 11.6 Å². The summed E-state index contributed by atoms with van der Waals surface area (Å²) in [6, 6.07) is 5.50. The van der Waals surface area contributed by atoms with Crippen LogP contribution < -0.4 is 20.1 Å². The van der Waals surface area contributed by atoms with E-state index < -0.39 is 0 Å². The van der Waals surface area contributed by atoms with Gasteiger partial charge in [0.25, 0.3) is 5.88 Å². The molecule has 0 spiro atoms. The van der Waals surface area contributed by atoms with Crippen molar-refractivity contribution in [2.45, 2.75) is 32.5 Å². The van der Waals surface area contributed by atoms with Crippen molar-refractivity contribution in [3.63, 3.8) is 0 Å². The van der Waals surface area contributed by atoms with E-state index in [4.69, 9.17) is 31.2 Å². The Hall–Kier alpha value is -3.70. The molecule has 3 rings (SSSR count). The summed E-state index contributed by atoms with van der Waals surface area (Å²) in [5, 5.41) is 20.4. The Morgan fingerprint density at radius 1 is 1.17 bits per heavy atom. The van der Waals surface area contributed by atoms with E-state index >= 15 is 0 Å². The minimum absolute atomic E-state index is 0.0585. The van der Waals surface area contributed by atoms with E-state index in [1.165, 1.54) is 6.34 Å². The number of halogens is 1. The number of ether oxygens (including phenoxy) is 3. The van der Waals surface area contributed by atoms with Crippen molar-refractivity contribution < 1.29 is 14.2 Å². The van der Waals surface area contributed by atoms with Crippen LogP contribution in [0.25, 0.3) is 11.1 Å². The van der Waals surface area contributed by atoms with Gasteiger partial charge in [-0.05, 0) is 31.5 Å². The molecule has 12 heteroatoms. The first-order valence-corrected chi connectivity index (χ1v) is 11.4. The van der Waals surface area contributed by atoms with Gasteiger partial charge in [0.1, 0.15) is 23.9 Å². The Bertz CT molecular complexity index is 1110. The fourth-order valence-electron chi connectivity index (χ4n) is 2.99. The Labute approximate surface area is 208 Å². The fraction of sp³-hybridized carbons (Fsp3) is 0.348. The minimum Gasteiger partial charge on any atom is -0.487 e. The molecule has 1 unspecified atom stereocenters. The Morgan fingerprint density at radius 2 is 1.97 bits per heavy atom. The molecule has 2 heterocycles. The van der Waals surface area contributed by atoms with Crippen LogP contribution in [0.15, 0.2) is 41.8 Å². The van der Waals surface area contributed by atoms with E-state index in [-0.39, 0.29) is 12.2 Å². The highest BCUT2D eigenvalue weighted by molar-refractivity contribution is 6.32. The molecule has 186 valence electrons. The van der Waals surface area contributed by atoms with Crippen molar-refractivity contribution in [3.8, 4) is 22.8 Å². The normalized spacial score (nSPS) is 12.8. The van der Waals surface area contributed by atoms with Gasteiger partial charge < -0.3 is 24.8 Å². The van der Waals surface area contributed by atoms with Crippen molar-refractivity contribution in [1.82, 2.24) is 25.5 Å². The smallest absolute Gasteiger partial charge is 0.256 e. The topological polar surface area (TPSA) is 142 Å². The number of hydrogen-bond acceptors (Lipinski definition) is 8. The largest absolute Gasteiger partial charge is 0.487 e. The molecule has 11 nitrogen and oxygen atoms in total. The predicted molar refractivity (Wildman–Crippen MR) is 136 cm³/mol. The van der Waals surface area contributed by atoms with Crippen molar-refractivity contribution in [2.24, 2.45) is 4.99 Å². The quantitative estimate of drug-likeness (QED) is 0.192. The van der Waals surface area contributed by atoms with Crippen LogP contribution in [0.3, 0.4) is 0 Å². The molecule has 0 amide bonds. The van der Waals surface area contributed by atoms with E-state index in [9.17, 15) is 0 Å². The number of rotatable bonds is 14. The number of aromatic amines is 1. The molecule has 4 N–H and O–H groups in total. The van der Waals surface area contributed by atoms with Crippen molar-refractivity contribution in [1.29, 1.82) is 5.41 Å². The van der Waals surface area contributed by atoms with Gasteiger partial charge in [0, 0.05) is 44.3 Å². The second-order valence-corrected chi connectivity index (χ2v) is 8.03. The third-order valence-electron chi connectivity index (χ3n) is 4.78. The van der Waals surface area contributed by atoms with Crippen LogP contribution >= 0.6 is 11.6 Å². The van der Waals surface area contributed by atoms with Gasteiger partial charge in [0.05, 0.1) is 24.0 Å². The lowest BCUT2D eigenvalue weighted by molar-refractivity contribution is 0.132. The molecule has 0 saturated carbocycles. The van der Waals surface area contributed by atoms with Gasteiger partial charge in [-0.25, -0.2) is 15.0 Å². The first-order valence-electron chi connectivity index (χ1n) is 11.0. The lowest BCUT2D eigenvalue weighted by Crippen LogP contribution is -2.28. The number of benzene rings is 1. The Kier molecular flexibility index (Phi) is 9.81. The third kappa shape index (κ3) is 7.94. The van der Waals surface area contributed by atoms with Gasteiger partial charge in [0.15, 0.2) is 0 Å². The Balaban J connectivity index is 1.64. The average Bonchev–Trinajstić information content (AvgIpc) is 3.28. The number of nitrogens with zero attached hydrogens (tertiary/aromatic N) is 4. The first-order chi connectivity index (χ1) is 17.0. The fourth-order valence-corrected chi connectivity index (χ4v) is 3.15. The highest BCUT2D eigenvalue weighted by Crippen LogP contribution is 2.31. The minimum atomic E-state index is -0.175. The zero-order valence-corrected chi connectivity index (χ0v) is 20.5. The van der Waals surface area contributed by atoms with Crippen LogP contribution in [-0.4, -0.2) is 65.3 Å². The van der Waals surface area contributed by atoms with Crippen LogP contribution in [0, 0.1) is 5.41 Å². The predicted octanol–water partition coefficient (Wildman–Crippen LogP) is 4.06. The summed E-state index contributed by atoms with van der Waals surface area (Å²) in [7, 11) is 1.66. The summed E-state index contributed by atoms with van der Waals surface area (Å²) < 4.78 is 16.9. The van der Waals surface area contributed by atoms with E-state index in [1.807, 2.05) is 26.0 Å². The molecule has 0 aliphatic heterocycles. The maximum atomic E-state index is 6.88. The number of hydrogen-bond donors (Lipinski definition) is 4. The first kappa shape index (κ1) is 25.9. The van der Waals surface area contributed by atoms with Crippen molar-refractivity contribution in [3.05, 3.63) is 41.8 Å². The second kappa shape index (κ2) is 13.3. The molecule has 2 atom stereocenters. The number of H-pyrrole nitrogens is 1. The van der Waals surface area contributed by atoms with Crippen LogP contribution in [0.2, 0.25) is 5.02 Å². The summed E-state index contributed by atoms with van der Waals surface area (Å²) in [5.74, 6) is 1.39. The number of methoxy groups -OCH3 is 1. The lowest BCUT2D eigenvalue weighted by Gasteiger charge is -2.16. The van der Waals surface area contributed by atoms with E-state index in [2.05, 4.69) is 35.8 Å². The molecule has 0 saturated heterocycles. The molecule has 0 bridgehead atoms. The zero-order valence-electron chi connectivity index (χ0n) is 19.8. The molecule has 0 radical (unpaired) electrons. The number of aliphatic imine (C=N–C) groups is 1. The summed E-state index contributed by atoms with van der Waals surface area (Å²) in [6.07, 6.45) is 8.02. The molecule has 0 fully saturated rings. The van der Waals surface area contributed by atoms with E-state index in [0.717, 1.165) is 23.9 Å². The van der Waals surface area contributed by atoms with Gasteiger partial charge in [-0.2, -0.15) is 0 Å². The second-order valence-electron chi connectivity index (χ2n) is 7.62. The average molecular weight is 501 g/mol. The number of anilines is 2. The van der Waals surface area contributed by atoms with Crippen molar-refractivity contribution >= 4 is 35.9 Å². The summed E-state index contributed by atoms with van der Waals surface area (Å²) in [6.45, 7) is 4.97. The maximum Gasteiger partial charge on any atom is 0.256 e. The van der Waals surface area contributed by atoms with Gasteiger partial charge >= 0.3 is 0 Å². The van der Waals surface area contributed by atoms with Crippen LogP contribution in [0.1, 0.15) is 20.3 Å². The summed E-state index contributed by atoms with van der Waals surface area (Å²) in [5.41, 5.74) is 2.30. The number of nitrogens with one attached hydrogen (secondary N) is 4. The number of aromatic nitrogens is 4. The van der Waals surface area contributed by atoms with Crippen LogP contribution in [-0.2, 0) is 4.74 Å². The third-order valence-corrected chi connectivity index (χ3v) is 5.10. The monoisotopic (exact) mass is 500 g/mol. The molecular formula is C23H29ClN8O3.